The number of nitrogens with zero attached hydrogens (tertiary/aromatic N) is 3. The highest BCUT2D eigenvalue weighted by atomic mass is 35.5. The maximum atomic E-state index is 13.1. The number of likely N-dealkylation sites (tertiary alicyclic amines) is 1. The van der Waals surface area contributed by atoms with E-state index in [1.54, 1.807) is 12.1 Å². The molecule has 0 N–H and O–H groups in total. The van der Waals surface area contributed by atoms with Gasteiger partial charge in [0.05, 0.1) is 21.8 Å². The fourth-order valence-corrected chi connectivity index (χ4v) is 5.00. The summed E-state index contributed by atoms with van der Waals surface area (Å²) in [4.78, 5) is 32.5. The Balaban J connectivity index is 1.56. The summed E-state index contributed by atoms with van der Waals surface area (Å²) in [5.74, 6) is -0.0708. The van der Waals surface area contributed by atoms with Crippen LogP contribution in [-0.4, -0.2) is 32.4 Å². The van der Waals surface area contributed by atoms with E-state index in [0.717, 1.165) is 18.4 Å². The Morgan fingerprint density at radius 2 is 2.11 bits per heavy atom. The van der Waals surface area contributed by atoms with Gasteiger partial charge >= 0.3 is 0 Å². The van der Waals surface area contributed by atoms with Crippen LogP contribution in [0.2, 0.25) is 10.0 Å². The smallest absolute Gasteiger partial charge is 0.262 e. The Kier molecular flexibility index (Phi) is 5.21. The fourth-order valence-electron chi connectivity index (χ4n) is 3.96. The largest absolute Gasteiger partial charge is 0.335 e. The van der Waals surface area contributed by atoms with E-state index in [1.807, 2.05) is 22.4 Å². The molecule has 8 heteroatoms. The Morgan fingerprint density at radius 3 is 2.89 bits per heavy atom. The molecule has 4 rings (SSSR count). The van der Waals surface area contributed by atoms with Crippen LogP contribution in [0.3, 0.4) is 0 Å². The van der Waals surface area contributed by atoms with Crippen molar-refractivity contribution in [3.05, 3.63) is 61.9 Å². The van der Waals surface area contributed by atoms with Gasteiger partial charge in [-0.25, -0.2) is 4.98 Å². The standard InChI is InChI=1S/C20H19Cl2N3O2S/c1-20(10-13-3-4-15(21)16(22)9-13)6-2-7-25(20)17(26)11-24-12-23-18-14(19(24)27)5-8-28-18/h3-5,8-9,12H,2,6-7,10-11H2,1H3. The Morgan fingerprint density at radius 1 is 1.29 bits per heavy atom. The summed E-state index contributed by atoms with van der Waals surface area (Å²) in [6.45, 7) is 2.76. The fraction of sp³-hybridized carbons (Fsp3) is 0.350. The van der Waals surface area contributed by atoms with Crippen molar-refractivity contribution in [3.8, 4) is 0 Å². The van der Waals surface area contributed by atoms with Crippen LogP contribution in [0.1, 0.15) is 25.3 Å². The van der Waals surface area contributed by atoms with E-state index in [9.17, 15) is 9.59 Å². The Labute approximate surface area is 176 Å². The highest BCUT2D eigenvalue weighted by molar-refractivity contribution is 7.16. The predicted molar refractivity (Wildman–Crippen MR) is 113 cm³/mol. The van der Waals surface area contributed by atoms with Gasteiger partial charge in [-0.05, 0) is 55.3 Å². The maximum absolute atomic E-state index is 13.1. The normalized spacial score (nSPS) is 19.5. The summed E-state index contributed by atoms with van der Waals surface area (Å²) in [6, 6.07) is 7.33. The molecule has 3 aromatic rings. The quantitative estimate of drug-likeness (QED) is 0.610. The first-order valence-electron chi connectivity index (χ1n) is 9.04. The van der Waals surface area contributed by atoms with E-state index < -0.39 is 0 Å². The summed E-state index contributed by atoms with van der Waals surface area (Å²) in [5, 5.41) is 3.42. The molecule has 0 bridgehead atoms. The molecule has 1 amide bonds. The molecule has 1 fully saturated rings. The number of carbonyl (C=O) groups excluding carboxylic acids is 1. The molecular formula is C20H19Cl2N3O2S. The third-order valence-corrected chi connectivity index (χ3v) is 6.93. The highest BCUT2D eigenvalue weighted by Gasteiger charge is 2.39. The zero-order chi connectivity index (χ0) is 19.9. The first-order valence-corrected chi connectivity index (χ1v) is 10.7. The van der Waals surface area contributed by atoms with Gasteiger partial charge in [0.15, 0.2) is 0 Å². The van der Waals surface area contributed by atoms with Gasteiger partial charge in [0.1, 0.15) is 11.4 Å². The van der Waals surface area contributed by atoms with E-state index in [4.69, 9.17) is 23.2 Å². The number of rotatable bonds is 4. The Hall–Kier alpha value is -1.89. The average molecular weight is 436 g/mol. The lowest BCUT2D eigenvalue weighted by atomic mass is 9.90. The molecule has 146 valence electrons. The number of aromatic nitrogens is 2. The lowest BCUT2D eigenvalue weighted by molar-refractivity contribution is -0.135. The van der Waals surface area contributed by atoms with Crippen molar-refractivity contribution in [1.29, 1.82) is 0 Å². The van der Waals surface area contributed by atoms with E-state index in [1.165, 1.54) is 22.2 Å². The zero-order valence-corrected chi connectivity index (χ0v) is 17.7. The second-order valence-electron chi connectivity index (χ2n) is 7.39. The van der Waals surface area contributed by atoms with Crippen LogP contribution in [0.5, 0.6) is 0 Å². The number of amides is 1. The number of halogens is 2. The van der Waals surface area contributed by atoms with E-state index in [-0.39, 0.29) is 23.6 Å². The number of benzene rings is 1. The summed E-state index contributed by atoms with van der Waals surface area (Å²) < 4.78 is 1.40. The molecular weight excluding hydrogens is 417 g/mol. The lowest BCUT2D eigenvalue weighted by Crippen LogP contribution is -2.48. The molecule has 1 unspecified atom stereocenters. The molecule has 28 heavy (non-hydrogen) atoms. The molecule has 0 aliphatic carbocycles. The third kappa shape index (κ3) is 3.56. The van der Waals surface area contributed by atoms with Gasteiger partial charge in [0.25, 0.3) is 5.56 Å². The summed E-state index contributed by atoms with van der Waals surface area (Å²) in [6.07, 6.45) is 3.98. The molecule has 1 aromatic carbocycles. The molecule has 5 nitrogen and oxygen atoms in total. The predicted octanol–water partition coefficient (Wildman–Crippen LogP) is 4.39. The van der Waals surface area contributed by atoms with Crippen molar-refractivity contribution in [3.63, 3.8) is 0 Å². The zero-order valence-electron chi connectivity index (χ0n) is 15.3. The minimum Gasteiger partial charge on any atom is -0.335 e. The van der Waals surface area contributed by atoms with Crippen LogP contribution in [0.4, 0.5) is 0 Å². The van der Waals surface area contributed by atoms with Gasteiger partial charge < -0.3 is 4.90 Å². The van der Waals surface area contributed by atoms with Crippen LogP contribution < -0.4 is 5.56 Å². The van der Waals surface area contributed by atoms with Crippen LogP contribution in [0, 0.1) is 0 Å². The SMILES string of the molecule is CC1(Cc2ccc(Cl)c(Cl)c2)CCCN1C(=O)Cn1cnc2sccc2c1=O. The van der Waals surface area contributed by atoms with E-state index in [0.29, 0.717) is 33.2 Å². The summed E-state index contributed by atoms with van der Waals surface area (Å²) >= 11 is 13.6. The lowest BCUT2D eigenvalue weighted by Gasteiger charge is -2.36. The van der Waals surface area contributed by atoms with Gasteiger partial charge in [-0.15, -0.1) is 11.3 Å². The van der Waals surface area contributed by atoms with Gasteiger partial charge in [-0.1, -0.05) is 29.3 Å². The molecule has 3 heterocycles. The molecule has 0 radical (unpaired) electrons. The monoisotopic (exact) mass is 435 g/mol. The van der Waals surface area contributed by atoms with Crippen LogP contribution >= 0.6 is 34.5 Å². The van der Waals surface area contributed by atoms with Crippen molar-refractivity contribution in [2.24, 2.45) is 0 Å². The van der Waals surface area contributed by atoms with Crippen LogP contribution in [0.15, 0.2) is 40.8 Å². The van der Waals surface area contributed by atoms with Crippen molar-refractivity contribution < 1.29 is 4.79 Å². The van der Waals surface area contributed by atoms with Gasteiger partial charge in [0.2, 0.25) is 5.91 Å². The minimum absolute atomic E-state index is 0.00537. The second kappa shape index (κ2) is 7.50. The number of carbonyl (C=O) groups is 1. The second-order valence-corrected chi connectivity index (χ2v) is 9.10. The number of hydrogen-bond donors (Lipinski definition) is 0. The third-order valence-electron chi connectivity index (χ3n) is 5.37. The average Bonchev–Trinajstić information content (AvgIpc) is 3.27. The van der Waals surface area contributed by atoms with Crippen molar-refractivity contribution >= 4 is 50.7 Å². The summed E-state index contributed by atoms with van der Waals surface area (Å²) in [7, 11) is 0. The van der Waals surface area contributed by atoms with Crippen molar-refractivity contribution in [2.45, 2.75) is 38.3 Å². The first-order chi connectivity index (χ1) is 13.4. The molecule has 1 atom stereocenters. The highest BCUT2D eigenvalue weighted by Crippen LogP contribution is 2.34. The Bertz CT molecular complexity index is 1110. The number of hydrogen-bond acceptors (Lipinski definition) is 4. The van der Waals surface area contributed by atoms with Crippen molar-refractivity contribution in [2.75, 3.05) is 6.54 Å². The van der Waals surface area contributed by atoms with Gasteiger partial charge in [-0.2, -0.15) is 0 Å². The van der Waals surface area contributed by atoms with Gasteiger partial charge in [-0.3, -0.25) is 14.2 Å². The minimum atomic E-state index is -0.322. The summed E-state index contributed by atoms with van der Waals surface area (Å²) in [5.41, 5.74) is 0.540. The molecule has 1 aliphatic rings. The van der Waals surface area contributed by atoms with Crippen molar-refractivity contribution in [1.82, 2.24) is 14.5 Å². The van der Waals surface area contributed by atoms with Gasteiger partial charge in [0, 0.05) is 12.1 Å². The molecule has 0 spiro atoms. The number of fused-ring (bicyclic) bond motifs is 1. The first kappa shape index (κ1) is 19.4. The van der Waals surface area contributed by atoms with Crippen LogP contribution in [0.25, 0.3) is 10.2 Å². The van der Waals surface area contributed by atoms with E-state index >= 15 is 0 Å². The molecule has 1 saturated heterocycles. The molecule has 0 saturated carbocycles. The van der Waals surface area contributed by atoms with E-state index in [2.05, 4.69) is 11.9 Å². The molecule has 1 aliphatic heterocycles. The van der Waals surface area contributed by atoms with Crippen LogP contribution in [-0.2, 0) is 17.8 Å². The topological polar surface area (TPSA) is 55.2 Å². The maximum Gasteiger partial charge on any atom is 0.262 e. The number of thiophene rings is 1. The molecule has 2 aromatic heterocycles.